The van der Waals surface area contributed by atoms with Crippen LogP contribution in [0.2, 0.25) is 0 Å². The fourth-order valence-electron chi connectivity index (χ4n) is 1.36. The van der Waals surface area contributed by atoms with Gasteiger partial charge in [-0.15, -0.1) is 0 Å². The Morgan fingerprint density at radius 2 is 2.18 bits per heavy atom. The highest BCUT2D eigenvalue weighted by atomic mass is 16.5. The average Bonchev–Trinajstić information content (AvgIpc) is 2.35. The van der Waals surface area contributed by atoms with Crippen molar-refractivity contribution in [2.75, 3.05) is 24.2 Å². The van der Waals surface area contributed by atoms with E-state index in [1.54, 1.807) is 0 Å². The number of benzene rings is 1. The molecular weight excluding hydrogens is 216 g/mol. The van der Waals surface area contributed by atoms with Crippen molar-refractivity contribution in [2.45, 2.75) is 32.8 Å². The predicted molar refractivity (Wildman–Crippen MR) is 71.4 cm³/mol. The van der Waals surface area contributed by atoms with Crippen LogP contribution in [-0.4, -0.2) is 24.4 Å². The number of hydrogen-bond donors (Lipinski definition) is 3. The minimum Gasteiger partial charge on any atom is -0.491 e. The molecule has 4 heteroatoms. The van der Waals surface area contributed by atoms with Crippen molar-refractivity contribution in [2.24, 2.45) is 0 Å². The normalized spacial score (nSPS) is 12.2. The molecule has 0 heterocycles. The molecular formula is C13H22N2O2. The van der Waals surface area contributed by atoms with E-state index in [0.29, 0.717) is 24.6 Å². The molecule has 0 aromatic heterocycles. The molecule has 0 aliphatic heterocycles. The van der Waals surface area contributed by atoms with Crippen LogP contribution in [0.1, 0.15) is 26.7 Å². The first-order chi connectivity index (χ1) is 8.17. The molecule has 4 N–H and O–H groups in total. The number of nitrogen functional groups attached to an aromatic ring is 1. The van der Waals surface area contributed by atoms with Crippen molar-refractivity contribution in [1.82, 2.24) is 0 Å². The van der Waals surface area contributed by atoms with E-state index in [-0.39, 0.29) is 6.10 Å². The highest BCUT2D eigenvalue weighted by Crippen LogP contribution is 2.25. The second-order valence-corrected chi connectivity index (χ2v) is 4.04. The second-order valence-electron chi connectivity index (χ2n) is 4.04. The number of aliphatic hydroxyl groups excluding tert-OH is 1. The molecule has 1 aromatic rings. The van der Waals surface area contributed by atoms with Gasteiger partial charge in [-0.1, -0.05) is 13.8 Å². The van der Waals surface area contributed by atoms with Crippen molar-refractivity contribution in [3.8, 4) is 5.75 Å². The lowest BCUT2D eigenvalue weighted by Gasteiger charge is -2.13. The summed E-state index contributed by atoms with van der Waals surface area (Å²) in [6.45, 7) is 5.19. The van der Waals surface area contributed by atoms with Crippen LogP contribution in [0.25, 0.3) is 0 Å². The lowest BCUT2D eigenvalue weighted by atomic mass is 10.2. The molecule has 1 aromatic carbocycles. The van der Waals surface area contributed by atoms with Gasteiger partial charge >= 0.3 is 0 Å². The number of hydrogen-bond acceptors (Lipinski definition) is 4. The highest BCUT2D eigenvalue weighted by molar-refractivity contribution is 5.61. The van der Waals surface area contributed by atoms with Gasteiger partial charge in [0, 0.05) is 18.3 Å². The minimum atomic E-state index is -0.326. The van der Waals surface area contributed by atoms with E-state index in [1.165, 1.54) is 0 Å². The fraction of sp³-hybridized carbons (Fsp3) is 0.538. The number of aliphatic hydroxyl groups is 1. The summed E-state index contributed by atoms with van der Waals surface area (Å²) in [5, 5.41) is 12.6. The summed E-state index contributed by atoms with van der Waals surface area (Å²) in [5.74, 6) is 0.697. The summed E-state index contributed by atoms with van der Waals surface area (Å²) in [6, 6.07) is 5.57. The quantitative estimate of drug-likeness (QED) is 0.637. The predicted octanol–water partition coefficient (Wildman–Crippen LogP) is 2.24. The molecule has 0 fully saturated rings. The van der Waals surface area contributed by atoms with E-state index < -0.39 is 0 Å². The Hall–Kier alpha value is -1.42. The Morgan fingerprint density at radius 1 is 1.41 bits per heavy atom. The van der Waals surface area contributed by atoms with Gasteiger partial charge in [-0.25, -0.2) is 0 Å². The number of nitrogens with two attached hydrogens (primary N) is 1. The SMILES string of the molecule is CCCOc1cc(NCC(O)CC)ccc1N. The first kappa shape index (κ1) is 13.6. The third-order valence-electron chi connectivity index (χ3n) is 2.49. The van der Waals surface area contributed by atoms with Gasteiger partial charge in [0.25, 0.3) is 0 Å². The summed E-state index contributed by atoms with van der Waals surface area (Å²) >= 11 is 0. The van der Waals surface area contributed by atoms with Crippen LogP contribution in [0, 0.1) is 0 Å². The molecule has 0 bridgehead atoms. The van der Waals surface area contributed by atoms with Gasteiger partial charge in [-0.05, 0) is 25.0 Å². The van der Waals surface area contributed by atoms with Crippen LogP contribution in [0.3, 0.4) is 0 Å². The Bertz CT molecular complexity index is 342. The first-order valence-corrected chi connectivity index (χ1v) is 6.11. The Morgan fingerprint density at radius 3 is 2.82 bits per heavy atom. The van der Waals surface area contributed by atoms with Crippen LogP contribution in [0.4, 0.5) is 11.4 Å². The van der Waals surface area contributed by atoms with E-state index in [2.05, 4.69) is 12.2 Å². The van der Waals surface area contributed by atoms with Crippen LogP contribution < -0.4 is 15.8 Å². The second kappa shape index (κ2) is 7.01. The molecule has 96 valence electrons. The van der Waals surface area contributed by atoms with Crippen LogP contribution in [0.15, 0.2) is 18.2 Å². The van der Waals surface area contributed by atoms with Crippen LogP contribution in [-0.2, 0) is 0 Å². The van der Waals surface area contributed by atoms with Gasteiger partial charge in [-0.2, -0.15) is 0 Å². The van der Waals surface area contributed by atoms with Gasteiger partial charge < -0.3 is 20.9 Å². The van der Waals surface area contributed by atoms with Crippen LogP contribution >= 0.6 is 0 Å². The maximum Gasteiger partial charge on any atom is 0.144 e. The third kappa shape index (κ3) is 4.53. The molecule has 0 aliphatic carbocycles. The summed E-state index contributed by atoms with van der Waals surface area (Å²) < 4.78 is 5.53. The smallest absolute Gasteiger partial charge is 0.144 e. The third-order valence-corrected chi connectivity index (χ3v) is 2.49. The number of anilines is 2. The molecule has 0 saturated carbocycles. The molecule has 1 atom stereocenters. The lowest BCUT2D eigenvalue weighted by Crippen LogP contribution is -2.18. The van der Waals surface area contributed by atoms with Crippen molar-refractivity contribution < 1.29 is 9.84 Å². The van der Waals surface area contributed by atoms with Gasteiger partial charge in [0.1, 0.15) is 5.75 Å². The summed E-state index contributed by atoms with van der Waals surface area (Å²) in [7, 11) is 0. The Balaban J connectivity index is 2.61. The maximum atomic E-state index is 9.47. The summed E-state index contributed by atoms with van der Waals surface area (Å²) in [4.78, 5) is 0. The molecule has 17 heavy (non-hydrogen) atoms. The molecule has 4 nitrogen and oxygen atoms in total. The highest BCUT2D eigenvalue weighted by Gasteiger charge is 2.04. The van der Waals surface area contributed by atoms with Crippen molar-refractivity contribution in [3.63, 3.8) is 0 Å². The molecule has 0 aliphatic rings. The lowest BCUT2D eigenvalue weighted by molar-refractivity contribution is 0.183. The molecule has 0 radical (unpaired) electrons. The van der Waals surface area contributed by atoms with E-state index in [9.17, 15) is 5.11 Å². The number of nitrogens with one attached hydrogen (secondary N) is 1. The Kier molecular flexibility index (Phi) is 5.63. The maximum absolute atomic E-state index is 9.47. The van der Waals surface area contributed by atoms with E-state index in [0.717, 1.165) is 18.5 Å². The van der Waals surface area contributed by atoms with Crippen LogP contribution in [0.5, 0.6) is 5.75 Å². The largest absolute Gasteiger partial charge is 0.491 e. The summed E-state index contributed by atoms with van der Waals surface area (Å²) in [5.41, 5.74) is 7.36. The van der Waals surface area contributed by atoms with Crippen molar-refractivity contribution in [3.05, 3.63) is 18.2 Å². The minimum absolute atomic E-state index is 0.326. The summed E-state index contributed by atoms with van der Waals surface area (Å²) in [6.07, 6.45) is 1.36. The van der Waals surface area contributed by atoms with Gasteiger partial charge in [0.15, 0.2) is 0 Å². The average molecular weight is 238 g/mol. The topological polar surface area (TPSA) is 67.5 Å². The molecule has 1 unspecified atom stereocenters. The Labute approximate surface area is 103 Å². The zero-order valence-corrected chi connectivity index (χ0v) is 10.6. The van der Waals surface area contributed by atoms with Gasteiger partial charge in [0.2, 0.25) is 0 Å². The first-order valence-electron chi connectivity index (χ1n) is 6.11. The van der Waals surface area contributed by atoms with E-state index >= 15 is 0 Å². The standard InChI is InChI=1S/C13H22N2O2/c1-3-7-17-13-8-10(5-6-12(13)14)15-9-11(16)4-2/h5-6,8,11,15-16H,3-4,7,9,14H2,1-2H3. The van der Waals surface area contributed by atoms with E-state index in [1.807, 2.05) is 25.1 Å². The van der Waals surface area contributed by atoms with Crippen molar-refractivity contribution >= 4 is 11.4 Å². The zero-order valence-electron chi connectivity index (χ0n) is 10.6. The zero-order chi connectivity index (χ0) is 12.7. The fourth-order valence-corrected chi connectivity index (χ4v) is 1.36. The molecule has 0 spiro atoms. The number of ether oxygens (including phenoxy) is 1. The molecule has 1 rings (SSSR count). The van der Waals surface area contributed by atoms with Crippen molar-refractivity contribution in [1.29, 1.82) is 0 Å². The van der Waals surface area contributed by atoms with Gasteiger partial charge in [-0.3, -0.25) is 0 Å². The molecule has 0 amide bonds. The number of rotatable bonds is 7. The van der Waals surface area contributed by atoms with E-state index in [4.69, 9.17) is 10.5 Å². The van der Waals surface area contributed by atoms with Gasteiger partial charge in [0.05, 0.1) is 18.4 Å². The molecule has 0 saturated heterocycles. The monoisotopic (exact) mass is 238 g/mol.